The molecule has 2 aliphatic rings. The van der Waals surface area contributed by atoms with Crippen molar-refractivity contribution in [3.05, 3.63) is 247 Å². The van der Waals surface area contributed by atoms with Crippen LogP contribution in [0.4, 0.5) is 17.1 Å². The van der Waals surface area contributed by atoms with Gasteiger partial charge in [0, 0.05) is 33.5 Å². The Hall–Kier alpha value is -7.68. The first kappa shape index (κ1) is 33.5. The second-order valence-corrected chi connectivity index (χ2v) is 15.6. The molecule has 2 heteroatoms. The van der Waals surface area contributed by atoms with Crippen molar-refractivity contribution >= 4 is 38.6 Å². The van der Waals surface area contributed by atoms with Gasteiger partial charge in [-0.2, -0.15) is 0 Å². The molecule has 12 rings (SSSR count). The molecule has 0 fully saturated rings. The smallest absolute Gasteiger partial charge is 0.140 e. The van der Waals surface area contributed by atoms with Gasteiger partial charge in [0.15, 0.2) is 0 Å². The fourth-order valence-electron chi connectivity index (χ4n) is 9.99. The molecule has 0 saturated carbocycles. The predicted molar refractivity (Wildman–Crippen MR) is 244 cm³/mol. The molecule has 2 nitrogen and oxygen atoms in total. The Bertz CT molecular complexity index is 3250. The first-order valence-electron chi connectivity index (χ1n) is 20.3. The Morgan fingerprint density at radius 1 is 0.356 bits per heavy atom. The molecule has 1 aliphatic carbocycles. The highest BCUT2D eigenvalue weighted by molar-refractivity contribution is 6.02. The lowest BCUT2D eigenvalue weighted by atomic mass is 9.65. The van der Waals surface area contributed by atoms with Crippen molar-refractivity contribution in [1.82, 2.24) is 0 Å². The van der Waals surface area contributed by atoms with E-state index in [9.17, 15) is 0 Å². The number of fused-ring (bicyclic) bond motifs is 12. The molecule has 10 aromatic rings. The van der Waals surface area contributed by atoms with Crippen LogP contribution in [-0.4, -0.2) is 0 Å². The van der Waals surface area contributed by atoms with E-state index in [-0.39, 0.29) is 0 Å². The molecule has 0 radical (unpaired) electrons. The van der Waals surface area contributed by atoms with Crippen molar-refractivity contribution in [2.75, 3.05) is 4.90 Å². The summed E-state index contributed by atoms with van der Waals surface area (Å²) in [5, 5.41) is 4.76. The monoisotopic (exact) mass is 751 g/mol. The molecule has 276 valence electrons. The molecule has 0 bridgehead atoms. The zero-order chi connectivity index (χ0) is 38.9. The lowest BCUT2D eigenvalue weighted by Gasteiger charge is -2.40. The standard InChI is InChI=1S/C57H37NO/c1-2-15-38(16-3-1)39-31-34-43(35-32-39)58(44-21-12-20-42(37-44)46-25-13-19-40-17-4-6-22-45(40)46)53-29-14-28-51-55(53)48-24-8-9-26-49(48)57(51)50-27-10-11-30-54(50)59-56-47-23-7-5-18-41(47)33-36-52(56)57/h1-37H. The minimum atomic E-state index is -0.607. The van der Waals surface area contributed by atoms with Crippen LogP contribution >= 0.6 is 0 Å². The molecule has 0 aromatic heterocycles. The lowest BCUT2D eigenvalue weighted by Crippen LogP contribution is -2.32. The quantitative estimate of drug-likeness (QED) is 0.174. The van der Waals surface area contributed by atoms with E-state index in [0.717, 1.165) is 50.5 Å². The highest BCUT2D eigenvalue weighted by atomic mass is 16.5. The second-order valence-electron chi connectivity index (χ2n) is 15.6. The van der Waals surface area contributed by atoms with Crippen LogP contribution in [-0.2, 0) is 5.41 Å². The van der Waals surface area contributed by atoms with Crippen molar-refractivity contribution in [1.29, 1.82) is 0 Å². The number of anilines is 3. The Balaban J connectivity index is 1.14. The first-order valence-corrected chi connectivity index (χ1v) is 20.3. The van der Waals surface area contributed by atoms with Crippen molar-refractivity contribution in [3.63, 3.8) is 0 Å². The van der Waals surface area contributed by atoms with Crippen molar-refractivity contribution in [2.24, 2.45) is 0 Å². The first-order chi connectivity index (χ1) is 29.3. The van der Waals surface area contributed by atoms with E-state index in [4.69, 9.17) is 4.74 Å². The third-order valence-corrected chi connectivity index (χ3v) is 12.5. The summed E-state index contributed by atoms with van der Waals surface area (Å²) < 4.78 is 6.95. The number of rotatable bonds is 5. The molecular weight excluding hydrogens is 715 g/mol. The van der Waals surface area contributed by atoms with Gasteiger partial charge in [0.25, 0.3) is 0 Å². The molecule has 10 aromatic carbocycles. The van der Waals surface area contributed by atoms with Crippen LogP contribution in [0.15, 0.2) is 224 Å². The molecule has 1 heterocycles. The minimum absolute atomic E-state index is 0.607. The average Bonchev–Trinajstić information content (AvgIpc) is 3.60. The summed E-state index contributed by atoms with van der Waals surface area (Å²) in [6, 6.07) is 81.7. The molecule has 0 N–H and O–H groups in total. The lowest BCUT2D eigenvalue weighted by molar-refractivity contribution is 0.441. The highest BCUT2D eigenvalue weighted by Crippen LogP contribution is 2.64. The van der Waals surface area contributed by atoms with E-state index in [1.54, 1.807) is 0 Å². The molecule has 59 heavy (non-hydrogen) atoms. The van der Waals surface area contributed by atoms with Crippen molar-refractivity contribution in [2.45, 2.75) is 5.41 Å². The van der Waals surface area contributed by atoms with Gasteiger partial charge in [0.05, 0.1) is 11.1 Å². The zero-order valence-electron chi connectivity index (χ0n) is 32.2. The summed E-state index contributed by atoms with van der Waals surface area (Å²) in [6.07, 6.45) is 0. The maximum absolute atomic E-state index is 6.95. The molecule has 1 unspecified atom stereocenters. The van der Waals surface area contributed by atoms with Gasteiger partial charge in [-0.3, -0.25) is 0 Å². The van der Waals surface area contributed by atoms with E-state index in [0.29, 0.717) is 0 Å². The number of para-hydroxylation sites is 1. The number of hydrogen-bond acceptors (Lipinski definition) is 2. The normalized spacial score (nSPS) is 14.6. The van der Waals surface area contributed by atoms with Crippen LogP contribution in [0.3, 0.4) is 0 Å². The number of benzene rings is 10. The summed E-state index contributed by atoms with van der Waals surface area (Å²) in [5.74, 6) is 1.81. The fraction of sp³-hybridized carbons (Fsp3) is 0.0175. The van der Waals surface area contributed by atoms with Gasteiger partial charge in [0.2, 0.25) is 0 Å². The van der Waals surface area contributed by atoms with E-state index in [1.165, 1.54) is 55.3 Å². The summed E-state index contributed by atoms with van der Waals surface area (Å²) in [5.41, 5.74) is 14.8. The Labute approximate surface area is 343 Å². The van der Waals surface area contributed by atoms with Gasteiger partial charge in [-0.05, 0) is 91.5 Å². The van der Waals surface area contributed by atoms with E-state index in [1.807, 2.05) is 0 Å². The van der Waals surface area contributed by atoms with Gasteiger partial charge in [-0.25, -0.2) is 0 Å². The Morgan fingerprint density at radius 3 is 1.83 bits per heavy atom. The number of nitrogens with zero attached hydrogens (tertiary/aromatic N) is 1. The Kier molecular flexibility index (Phi) is 7.48. The van der Waals surface area contributed by atoms with E-state index < -0.39 is 5.41 Å². The molecule has 1 spiro atoms. The number of ether oxygens (including phenoxy) is 1. The van der Waals surface area contributed by atoms with Gasteiger partial charge in [-0.15, -0.1) is 0 Å². The largest absolute Gasteiger partial charge is 0.456 e. The van der Waals surface area contributed by atoms with Crippen LogP contribution in [0.2, 0.25) is 0 Å². The third-order valence-electron chi connectivity index (χ3n) is 12.5. The van der Waals surface area contributed by atoms with Crippen molar-refractivity contribution in [3.8, 4) is 44.9 Å². The summed E-state index contributed by atoms with van der Waals surface area (Å²) in [4.78, 5) is 2.46. The van der Waals surface area contributed by atoms with Gasteiger partial charge >= 0.3 is 0 Å². The Morgan fingerprint density at radius 2 is 0.966 bits per heavy atom. The third kappa shape index (κ3) is 5.00. The van der Waals surface area contributed by atoms with Crippen LogP contribution < -0.4 is 9.64 Å². The van der Waals surface area contributed by atoms with Gasteiger partial charge in [-0.1, -0.05) is 188 Å². The number of hydrogen-bond donors (Lipinski definition) is 0. The molecule has 1 atom stereocenters. The topological polar surface area (TPSA) is 12.5 Å². The van der Waals surface area contributed by atoms with Crippen LogP contribution in [0.5, 0.6) is 11.5 Å². The maximum atomic E-state index is 6.95. The maximum Gasteiger partial charge on any atom is 0.140 e. The van der Waals surface area contributed by atoms with Gasteiger partial charge < -0.3 is 9.64 Å². The summed E-state index contributed by atoms with van der Waals surface area (Å²) in [6.45, 7) is 0. The van der Waals surface area contributed by atoms with E-state index in [2.05, 4.69) is 229 Å². The summed E-state index contributed by atoms with van der Waals surface area (Å²) in [7, 11) is 0. The molecule has 0 amide bonds. The van der Waals surface area contributed by atoms with Gasteiger partial charge in [0.1, 0.15) is 11.5 Å². The van der Waals surface area contributed by atoms with Crippen molar-refractivity contribution < 1.29 is 4.74 Å². The SMILES string of the molecule is c1ccc(-c2ccc(N(c3cccc(-c4cccc5ccccc45)c3)c3cccc4c3-c3ccccc3C43c4ccccc4Oc4c3ccc3ccccc43)cc2)cc1. The fourth-order valence-corrected chi connectivity index (χ4v) is 9.99. The van der Waals surface area contributed by atoms with Crippen LogP contribution in [0.25, 0.3) is 54.9 Å². The zero-order valence-corrected chi connectivity index (χ0v) is 32.2. The minimum Gasteiger partial charge on any atom is -0.456 e. The molecular formula is C57H37NO. The average molecular weight is 752 g/mol. The second kappa shape index (κ2) is 13.2. The summed E-state index contributed by atoms with van der Waals surface area (Å²) >= 11 is 0. The predicted octanol–water partition coefficient (Wildman–Crippen LogP) is 15.3. The van der Waals surface area contributed by atoms with E-state index >= 15 is 0 Å². The molecule has 0 saturated heterocycles. The highest BCUT2D eigenvalue weighted by Gasteiger charge is 2.52. The van der Waals surface area contributed by atoms with Crippen LogP contribution in [0, 0.1) is 0 Å². The van der Waals surface area contributed by atoms with Crippen LogP contribution in [0.1, 0.15) is 22.3 Å². The molecule has 1 aliphatic heterocycles.